The summed E-state index contributed by atoms with van der Waals surface area (Å²) in [6.45, 7) is 1.48. The topological polar surface area (TPSA) is 116 Å². The van der Waals surface area contributed by atoms with Gasteiger partial charge in [0.15, 0.2) is 0 Å². The van der Waals surface area contributed by atoms with Gasteiger partial charge in [-0.1, -0.05) is 12.1 Å². The number of hydrogen-bond donors (Lipinski definition) is 2. The van der Waals surface area contributed by atoms with Gasteiger partial charge in [-0.05, 0) is 19.1 Å². The van der Waals surface area contributed by atoms with Crippen molar-refractivity contribution in [2.75, 3.05) is 11.1 Å². The molecule has 0 aliphatic rings. The molecule has 0 bridgehead atoms. The largest absolute Gasteiger partial charge is 0.397 e. The van der Waals surface area contributed by atoms with Gasteiger partial charge in [0.2, 0.25) is 5.69 Å². The third-order valence-electron chi connectivity index (χ3n) is 2.80. The highest BCUT2D eigenvalue weighted by Gasteiger charge is 2.29. The zero-order valence-corrected chi connectivity index (χ0v) is 11.0. The molecule has 0 aliphatic carbocycles. The van der Waals surface area contributed by atoms with Crippen molar-refractivity contribution in [2.24, 2.45) is 7.05 Å². The molecule has 1 heterocycles. The zero-order chi connectivity index (χ0) is 14.9. The maximum atomic E-state index is 12.2. The number of nitrogens with one attached hydrogen (secondary N) is 1. The van der Waals surface area contributed by atoms with Crippen LogP contribution in [0.4, 0.5) is 17.1 Å². The van der Waals surface area contributed by atoms with Crippen LogP contribution in [0.2, 0.25) is 0 Å². The smallest absolute Gasteiger partial charge is 0.322 e. The van der Waals surface area contributed by atoms with Gasteiger partial charge in [0.05, 0.1) is 16.3 Å². The van der Waals surface area contributed by atoms with Gasteiger partial charge in [-0.3, -0.25) is 19.6 Å². The number of benzene rings is 1. The van der Waals surface area contributed by atoms with Gasteiger partial charge in [0.1, 0.15) is 5.69 Å². The van der Waals surface area contributed by atoms with Gasteiger partial charge >= 0.3 is 5.69 Å². The summed E-state index contributed by atoms with van der Waals surface area (Å²) in [7, 11) is 1.48. The molecule has 0 saturated heterocycles. The molecule has 0 aliphatic heterocycles. The van der Waals surface area contributed by atoms with E-state index in [0.29, 0.717) is 11.4 Å². The minimum absolute atomic E-state index is 0.115. The van der Waals surface area contributed by atoms with E-state index in [1.54, 1.807) is 24.3 Å². The van der Waals surface area contributed by atoms with Gasteiger partial charge in [0.25, 0.3) is 5.91 Å². The summed E-state index contributed by atoms with van der Waals surface area (Å²) >= 11 is 0. The fraction of sp³-hybridized carbons (Fsp3) is 0.167. The average molecular weight is 275 g/mol. The summed E-state index contributed by atoms with van der Waals surface area (Å²) < 4.78 is 1.18. The van der Waals surface area contributed by atoms with Crippen LogP contribution in [0, 0.1) is 17.0 Å². The van der Waals surface area contributed by atoms with Crippen molar-refractivity contribution in [3.63, 3.8) is 0 Å². The second-order valence-corrected chi connectivity index (χ2v) is 4.20. The van der Waals surface area contributed by atoms with E-state index in [-0.39, 0.29) is 17.1 Å². The minimum atomic E-state index is -0.627. The van der Waals surface area contributed by atoms with E-state index >= 15 is 0 Å². The van der Waals surface area contributed by atoms with Crippen LogP contribution >= 0.6 is 0 Å². The first kappa shape index (κ1) is 13.5. The molecule has 2 aromatic rings. The summed E-state index contributed by atoms with van der Waals surface area (Å²) in [6.07, 6.45) is 0. The summed E-state index contributed by atoms with van der Waals surface area (Å²) in [4.78, 5) is 22.6. The number of nitrogens with zero attached hydrogens (tertiary/aromatic N) is 3. The van der Waals surface area contributed by atoms with Crippen molar-refractivity contribution in [2.45, 2.75) is 6.92 Å². The van der Waals surface area contributed by atoms with E-state index in [1.165, 1.54) is 18.7 Å². The molecule has 0 spiro atoms. The first-order valence-electron chi connectivity index (χ1n) is 5.75. The molecule has 2 rings (SSSR count). The molecule has 0 unspecified atom stereocenters. The van der Waals surface area contributed by atoms with Crippen LogP contribution in [-0.2, 0) is 7.05 Å². The van der Waals surface area contributed by atoms with E-state index in [2.05, 4.69) is 10.4 Å². The number of aryl methyl sites for hydroxylation is 2. The third-order valence-corrected chi connectivity index (χ3v) is 2.80. The second-order valence-electron chi connectivity index (χ2n) is 4.20. The van der Waals surface area contributed by atoms with Gasteiger partial charge in [-0.25, -0.2) is 0 Å². The van der Waals surface area contributed by atoms with Gasteiger partial charge < -0.3 is 11.1 Å². The third kappa shape index (κ3) is 2.30. The molecule has 20 heavy (non-hydrogen) atoms. The number of nitrogen functional groups attached to an aromatic ring is 1. The van der Waals surface area contributed by atoms with Crippen molar-refractivity contribution in [1.29, 1.82) is 0 Å². The van der Waals surface area contributed by atoms with Gasteiger partial charge in [0, 0.05) is 7.05 Å². The molecule has 3 N–H and O–H groups in total. The molecule has 1 amide bonds. The number of amides is 1. The fourth-order valence-corrected chi connectivity index (χ4v) is 1.91. The van der Waals surface area contributed by atoms with Crippen LogP contribution in [0.3, 0.4) is 0 Å². The summed E-state index contributed by atoms with van der Waals surface area (Å²) in [6, 6.07) is 6.66. The molecule has 0 radical (unpaired) electrons. The summed E-state index contributed by atoms with van der Waals surface area (Å²) in [5.41, 5.74) is 6.25. The van der Waals surface area contributed by atoms with Crippen LogP contribution in [0.1, 0.15) is 16.2 Å². The van der Waals surface area contributed by atoms with Crippen LogP contribution in [0.5, 0.6) is 0 Å². The fourth-order valence-electron chi connectivity index (χ4n) is 1.91. The molecule has 0 atom stereocenters. The Hall–Kier alpha value is -2.90. The number of para-hydroxylation sites is 2. The standard InChI is InChI=1S/C12H13N5O3/c1-7-10(17(19)20)11(16(2)15-7)12(18)14-9-6-4-3-5-8(9)13/h3-6H,13H2,1-2H3,(H,14,18). The summed E-state index contributed by atoms with van der Waals surface area (Å²) in [5.74, 6) is -0.627. The zero-order valence-electron chi connectivity index (χ0n) is 11.0. The van der Waals surface area contributed by atoms with Crippen LogP contribution in [0.15, 0.2) is 24.3 Å². The predicted molar refractivity (Wildman–Crippen MR) is 73.4 cm³/mol. The number of carbonyl (C=O) groups excluding carboxylic acids is 1. The van der Waals surface area contributed by atoms with Crippen LogP contribution < -0.4 is 11.1 Å². The Kier molecular flexibility index (Phi) is 3.38. The van der Waals surface area contributed by atoms with Crippen LogP contribution in [-0.4, -0.2) is 20.6 Å². The van der Waals surface area contributed by atoms with E-state index in [0.717, 1.165) is 0 Å². The monoisotopic (exact) mass is 275 g/mol. The number of anilines is 2. The maximum Gasteiger partial charge on any atom is 0.322 e. The lowest BCUT2D eigenvalue weighted by Gasteiger charge is -2.07. The van der Waals surface area contributed by atoms with Crippen molar-refractivity contribution < 1.29 is 9.72 Å². The number of nitrogens with two attached hydrogens (primary N) is 1. The number of carbonyl (C=O) groups is 1. The molecular formula is C12H13N5O3. The van der Waals surface area contributed by atoms with Crippen molar-refractivity contribution in [3.05, 3.63) is 45.8 Å². The molecular weight excluding hydrogens is 262 g/mol. The van der Waals surface area contributed by atoms with E-state index in [1.807, 2.05) is 0 Å². The number of aromatic nitrogens is 2. The van der Waals surface area contributed by atoms with Crippen LogP contribution in [0.25, 0.3) is 0 Å². The van der Waals surface area contributed by atoms with Gasteiger partial charge in [-0.2, -0.15) is 5.10 Å². The Morgan fingerprint density at radius 3 is 2.70 bits per heavy atom. The molecule has 0 saturated carbocycles. The highest BCUT2D eigenvalue weighted by Crippen LogP contribution is 2.24. The Labute approximate surface area is 114 Å². The molecule has 104 valence electrons. The highest BCUT2D eigenvalue weighted by molar-refractivity contribution is 6.07. The predicted octanol–water partition coefficient (Wildman–Crippen LogP) is 1.47. The van der Waals surface area contributed by atoms with Crippen molar-refractivity contribution in [1.82, 2.24) is 9.78 Å². The Bertz CT molecular complexity index is 692. The summed E-state index contributed by atoms with van der Waals surface area (Å²) in [5, 5.41) is 17.5. The Morgan fingerprint density at radius 1 is 1.45 bits per heavy atom. The lowest BCUT2D eigenvalue weighted by atomic mass is 10.2. The molecule has 1 aromatic heterocycles. The molecule has 8 heteroatoms. The lowest BCUT2D eigenvalue weighted by Crippen LogP contribution is -2.18. The number of rotatable bonds is 3. The van der Waals surface area contributed by atoms with Crippen molar-refractivity contribution in [3.8, 4) is 0 Å². The average Bonchev–Trinajstić information content (AvgIpc) is 2.67. The Balaban J connectivity index is 2.40. The van der Waals surface area contributed by atoms with E-state index < -0.39 is 10.8 Å². The number of hydrogen-bond acceptors (Lipinski definition) is 5. The van der Waals surface area contributed by atoms with Gasteiger partial charge in [-0.15, -0.1) is 0 Å². The number of nitro groups is 1. The van der Waals surface area contributed by atoms with Crippen molar-refractivity contribution >= 4 is 23.0 Å². The Morgan fingerprint density at radius 2 is 2.10 bits per heavy atom. The molecule has 8 nitrogen and oxygen atoms in total. The molecule has 1 aromatic carbocycles. The SMILES string of the molecule is Cc1nn(C)c(C(=O)Nc2ccccc2N)c1[N+](=O)[O-]. The first-order chi connectivity index (χ1) is 9.41. The normalized spacial score (nSPS) is 10.3. The maximum absolute atomic E-state index is 12.2. The highest BCUT2D eigenvalue weighted by atomic mass is 16.6. The van der Waals surface area contributed by atoms with E-state index in [9.17, 15) is 14.9 Å². The quantitative estimate of drug-likeness (QED) is 0.500. The second kappa shape index (κ2) is 5.00. The van der Waals surface area contributed by atoms with E-state index in [4.69, 9.17) is 5.73 Å². The lowest BCUT2D eigenvalue weighted by molar-refractivity contribution is -0.385. The minimum Gasteiger partial charge on any atom is -0.397 e. The molecule has 0 fully saturated rings. The first-order valence-corrected chi connectivity index (χ1v) is 5.75.